The van der Waals surface area contributed by atoms with Crippen LogP contribution in [-0.2, 0) is 21.4 Å². The topological polar surface area (TPSA) is 131 Å². The molecule has 0 bridgehead atoms. The Morgan fingerprint density at radius 1 is 0.950 bits per heavy atom. The number of ether oxygens (including phenoxy) is 1. The Bertz CT molecular complexity index is 1630. The summed E-state index contributed by atoms with van der Waals surface area (Å²) in [4.78, 5) is 22.9. The summed E-state index contributed by atoms with van der Waals surface area (Å²) >= 11 is 6.14. The molecule has 204 valence electrons. The Balaban J connectivity index is 1.43. The second kappa shape index (κ2) is 12.9. The molecule has 0 radical (unpaired) electrons. The number of carbonyl (C=O) groups is 1. The minimum Gasteiger partial charge on any atom is -0.489 e. The number of carbonyl (C=O) groups excluding carboxylic acids is 1. The zero-order chi connectivity index (χ0) is 28.5. The normalized spacial score (nSPS) is 11.2. The van der Waals surface area contributed by atoms with Crippen LogP contribution < -0.4 is 14.5 Å². The molecule has 4 rings (SSSR count). The largest absolute Gasteiger partial charge is 0.489 e. The lowest BCUT2D eigenvalue weighted by Gasteiger charge is -2.23. The molecule has 0 saturated carbocycles. The molecule has 0 atom stereocenters. The lowest BCUT2D eigenvalue weighted by molar-refractivity contribution is -0.387. The minimum atomic E-state index is -4.48. The lowest BCUT2D eigenvalue weighted by atomic mass is 10.2. The number of hydrogen-bond acceptors (Lipinski definition) is 7. The molecule has 1 N–H and O–H groups in total. The molecule has 0 saturated heterocycles. The van der Waals surface area contributed by atoms with E-state index in [2.05, 4.69) is 10.5 Å². The van der Waals surface area contributed by atoms with Gasteiger partial charge in [0, 0.05) is 16.7 Å². The maximum absolute atomic E-state index is 13.5. The first-order valence-electron chi connectivity index (χ1n) is 11.8. The summed E-state index contributed by atoms with van der Waals surface area (Å²) in [7, 11) is -4.48. The third-order valence-electron chi connectivity index (χ3n) is 5.60. The molecule has 0 fully saturated rings. The van der Waals surface area contributed by atoms with Crippen molar-refractivity contribution in [3.63, 3.8) is 0 Å². The highest BCUT2D eigenvalue weighted by Gasteiger charge is 2.33. The van der Waals surface area contributed by atoms with Crippen LogP contribution in [0.2, 0.25) is 5.02 Å². The number of hydrazone groups is 1. The fraction of sp³-hybridized carbons (Fsp3) is 0.0714. The van der Waals surface area contributed by atoms with Crippen LogP contribution in [0.3, 0.4) is 0 Å². The Hall–Kier alpha value is -4.74. The van der Waals surface area contributed by atoms with Gasteiger partial charge in [-0.3, -0.25) is 19.2 Å². The number of anilines is 1. The Morgan fingerprint density at radius 3 is 2.30 bits per heavy atom. The third kappa shape index (κ3) is 7.01. The van der Waals surface area contributed by atoms with Crippen molar-refractivity contribution < 1.29 is 22.9 Å². The third-order valence-corrected chi connectivity index (χ3v) is 7.79. The van der Waals surface area contributed by atoms with E-state index in [1.807, 2.05) is 18.2 Å². The number of nitro benzene ring substituents is 1. The van der Waals surface area contributed by atoms with E-state index in [1.165, 1.54) is 30.5 Å². The van der Waals surface area contributed by atoms with E-state index in [9.17, 15) is 23.3 Å². The molecule has 0 aliphatic rings. The van der Waals surface area contributed by atoms with Crippen LogP contribution >= 0.6 is 11.6 Å². The van der Waals surface area contributed by atoms with E-state index in [4.69, 9.17) is 16.3 Å². The van der Waals surface area contributed by atoms with Crippen LogP contribution in [-0.4, -0.2) is 32.0 Å². The van der Waals surface area contributed by atoms with Crippen LogP contribution in [0.15, 0.2) is 113 Å². The monoisotopic (exact) mass is 578 g/mol. The van der Waals surface area contributed by atoms with Crippen molar-refractivity contribution in [2.45, 2.75) is 11.5 Å². The van der Waals surface area contributed by atoms with E-state index in [0.717, 1.165) is 22.0 Å². The summed E-state index contributed by atoms with van der Waals surface area (Å²) in [5.74, 6) is -0.137. The van der Waals surface area contributed by atoms with Crippen LogP contribution in [0, 0.1) is 10.1 Å². The first kappa shape index (κ1) is 28.3. The maximum atomic E-state index is 13.5. The molecule has 4 aromatic rings. The molecule has 0 aromatic heterocycles. The number of hydrogen-bond donors (Lipinski definition) is 1. The van der Waals surface area contributed by atoms with Gasteiger partial charge in [0.05, 0.1) is 16.8 Å². The van der Waals surface area contributed by atoms with Gasteiger partial charge in [-0.15, -0.1) is 0 Å². The molecule has 10 nitrogen and oxygen atoms in total. The first-order valence-corrected chi connectivity index (χ1v) is 13.7. The Morgan fingerprint density at radius 2 is 1.60 bits per heavy atom. The lowest BCUT2D eigenvalue weighted by Crippen LogP contribution is -2.39. The van der Waals surface area contributed by atoms with Crippen molar-refractivity contribution in [3.05, 3.63) is 129 Å². The van der Waals surface area contributed by atoms with Crippen molar-refractivity contribution in [3.8, 4) is 5.75 Å². The van der Waals surface area contributed by atoms with Crippen LogP contribution in [0.25, 0.3) is 0 Å². The highest BCUT2D eigenvalue weighted by atomic mass is 35.5. The molecule has 12 heteroatoms. The van der Waals surface area contributed by atoms with Crippen molar-refractivity contribution in [1.29, 1.82) is 0 Å². The van der Waals surface area contributed by atoms with Crippen molar-refractivity contribution >= 4 is 45.1 Å². The van der Waals surface area contributed by atoms with Crippen molar-refractivity contribution in [1.82, 2.24) is 5.43 Å². The summed E-state index contributed by atoms with van der Waals surface area (Å²) in [6.07, 6.45) is 1.39. The van der Waals surface area contributed by atoms with Gasteiger partial charge in [0.15, 0.2) is 4.90 Å². The van der Waals surface area contributed by atoms with Crippen LogP contribution in [0.5, 0.6) is 5.75 Å². The molecule has 4 aromatic carbocycles. The van der Waals surface area contributed by atoms with E-state index >= 15 is 0 Å². The number of nitrogens with zero attached hydrogens (tertiary/aromatic N) is 3. The number of amides is 1. The standard InChI is InChI=1S/C28H23ClN4O6S/c29-25-11-5-4-8-22(25)20-39-24-16-14-21(15-17-24)18-30-31-28(34)19-32(23-9-2-1-3-10-23)40(37,38)27-13-7-6-12-26(27)33(35)36/h1-18H,19-20H2,(H,31,34)/b30-18-. The average Bonchev–Trinajstić information content (AvgIpc) is 2.96. The molecular weight excluding hydrogens is 556 g/mol. The van der Waals surface area contributed by atoms with Gasteiger partial charge in [0.1, 0.15) is 18.9 Å². The van der Waals surface area contributed by atoms with Gasteiger partial charge in [0.2, 0.25) is 0 Å². The predicted molar refractivity (Wildman–Crippen MR) is 152 cm³/mol. The number of sulfonamides is 1. The summed E-state index contributed by atoms with van der Waals surface area (Å²) in [5.41, 5.74) is 3.37. The van der Waals surface area contributed by atoms with Crippen LogP contribution in [0.1, 0.15) is 11.1 Å². The van der Waals surface area contributed by atoms with Gasteiger partial charge >= 0.3 is 0 Å². The number of halogens is 1. The van der Waals surface area contributed by atoms with Gasteiger partial charge in [0.25, 0.3) is 21.6 Å². The van der Waals surface area contributed by atoms with Gasteiger partial charge in [-0.05, 0) is 54.1 Å². The van der Waals surface area contributed by atoms with E-state index in [-0.39, 0.29) is 5.69 Å². The molecule has 0 heterocycles. The quantitative estimate of drug-likeness (QED) is 0.148. The number of nitro groups is 1. The van der Waals surface area contributed by atoms with Crippen molar-refractivity contribution in [2.75, 3.05) is 10.8 Å². The molecule has 0 aliphatic carbocycles. The summed E-state index contributed by atoms with van der Waals surface area (Å²) in [6, 6.07) is 27.1. The SMILES string of the molecule is O=C(CN(c1ccccc1)S(=O)(=O)c1ccccc1[N+](=O)[O-])N/N=C\c1ccc(OCc2ccccc2Cl)cc1. The Labute approximate surface area is 235 Å². The molecule has 0 aliphatic heterocycles. The zero-order valence-corrected chi connectivity index (χ0v) is 22.5. The van der Waals surface area contributed by atoms with E-state index in [1.54, 1.807) is 48.5 Å². The summed E-state index contributed by atoms with van der Waals surface area (Å²) < 4.78 is 33.5. The predicted octanol–water partition coefficient (Wildman–Crippen LogP) is 5.17. The van der Waals surface area contributed by atoms with Gasteiger partial charge in [-0.2, -0.15) is 5.10 Å². The van der Waals surface area contributed by atoms with Crippen LogP contribution in [0.4, 0.5) is 11.4 Å². The van der Waals surface area contributed by atoms with Crippen molar-refractivity contribution in [2.24, 2.45) is 5.10 Å². The van der Waals surface area contributed by atoms with Gasteiger partial charge < -0.3 is 4.74 Å². The fourth-order valence-electron chi connectivity index (χ4n) is 3.63. The van der Waals surface area contributed by atoms with Gasteiger partial charge in [-0.1, -0.05) is 60.1 Å². The second-order valence-corrected chi connectivity index (χ2v) is 10.6. The number of benzene rings is 4. The highest BCUT2D eigenvalue weighted by Crippen LogP contribution is 2.29. The summed E-state index contributed by atoms with van der Waals surface area (Å²) in [5, 5.41) is 16.0. The van der Waals surface area contributed by atoms with E-state index < -0.39 is 38.0 Å². The zero-order valence-electron chi connectivity index (χ0n) is 20.9. The first-order chi connectivity index (χ1) is 19.3. The smallest absolute Gasteiger partial charge is 0.289 e. The molecule has 0 spiro atoms. The molecule has 40 heavy (non-hydrogen) atoms. The maximum Gasteiger partial charge on any atom is 0.289 e. The second-order valence-electron chi connectivity index (χ2n) is 8.31. The van der Waals surface area contributed by atoms with E-state index in [0.29, 0.717) is 22.9 Å². The fourth-order valence-corrected chi connectivity index (χ4v) is 5.40. The molecule has 0 unspecified atom stereocenters. The number of rotatable bonds is 11. The Kier molecular flexibility index (Phi) is 9.10. The molecular formula is C28H23ClN4O6S. The minimum absolute atomic E-state index is 0.159. The molecule has 1 amide bonds. The highest BCUT2D eigenvalue weighted by molar-refractivity contribution is 7.93. The number of nitrogens with one attached hydrogen (secondary N) is 1. The summed E-state index contributed by atoms with van der Waals surface area (Å²) in [6.45, 7) is -0.360. The average molecular weight is 579 g/mol. The van der Waals surface area contributed by atoms with Gasteiger partial charge in [-0.25, -0.2) is 13.8 Å². The number of para-hydroxylation sites is 2.